The Morgan fingerprint density at radius 3 is 1.06 bits per heavy atom. The van der Waals surface area contributed by atoms with E-state index in [4.69, 9.17) is 0 Å². The van der Waals surface area contributed by atoms with Crippen molar-refractivity contribution in [3.05, 3.63) is 84.3 Å². The first-order valence-corrected chi connectivity index (χ1v) is 9.84. The van der Waals surface area contributed by atoms with Crippen LogP contribution in [-0.2, 0) is 8.85 Å². The molecule has 31 heavy (non-hydrogen) atoms. The Balaban J connectivity index is 2.90. The van der Waals surface area contributed by atoms with Gasteiger partial charge in [-0.05, 0) is 0 Å². The van der Waals surface area contributed by atoms with Gasteiger partial charge in [-0.3, -0.25) is 0 Å². The molecule has 0 radical (unpaired) electrons. The molecule has 2 nitrogen and oxygen atoms in total. The van der Waals surface area contributed by atoms with Crippen LogP contribution in [0.15, 0.2) is 84.3 Å². The minimum Gasteiger partial charge on any atom is -0.498 e. The van der Waals surface area contributed by atoms with Crippen molar-refractivity contribution in [2.45, 2.75) is 12.4 Å². The molecule has 0 amide bonds. The van der Waals surface area contributed by atoms with Crippen molar-refractivity contribution in [3.63, 3.8) is 0 Å². The van der Waals surface area contributed by atoms with Crippen LogP contribution in [0.1, 0.15) is 0 Å². The second kappa shape index (κ2) is 9.04. The van der Waals surface area contributed by atoms with Gasteiger partial charge >= 0.3 is 33.1 Å². The molecule has 0 saturated heterocycles. The summed E-state index contributed by atoms with van der Waals surface area (Å²) in [5, 5.41) is -1.13. The maximum Gasteiger partial charge on any atom is 0.531 e. The van der Waals surface area contributed by atoms with Gasteiger partial charge in [-0.15, -0.1) is 0 Å². The van der Waals surface area contributed by atoms with Gasteiger partial charge in [0.1, 0.15) is 0 Å². The van der Waals surface area contributed by atoms with Gasteiger partial charge in [-0.1, -0.05) is 60.7 Å². The SMILES string of the molecule is FC(F)=C(O[Si](OC(=C(F)F)C(F)(F)F)(c1ccccc1)c1ccccc1)C(F)(F)F. The molecule has 0 N–H and O–H groups in total. The summed E-state index contributed by atoms with van der Waals surface area (Å²) in [7, 11) is -5.53. The number of hydrogen-bond acceptors (Lipinski definition) is 2. The first kappa shape index (κ1) is 24.3. The first-order valence-electron chi connectivity index (χ1n) is 8.03. The van der Waals surface area contributed by atoms with Crippen molar-refractivity contribution in [3.8, 4) is 0 Å². The van der Waals surface area contributed by atoms with E-state index in [9.17, 15) is 43.9 Å². The molecule has 13 heteroatoms. The zero-order valence-corrected chi connectivity index (χ0v) is 15.9. The topological polar surface area (TPSA) is 18.5 Å². The fraction of sp³-hybridized carbons (Fsp3) is 0.111. The summed E-state index contributed by atoms with van der Waals surface area (Å²) < 4.78 is 140. The molecule has 0 aliphatic rings. The van der Waals surface area contributed by atoms with E-state index < -0.39 is 55.0 Å². The molecule has 2 rings (SSSR count). The summed E-state index contributed by atoms with van der Waals surface area (Å²) in [6.45, 7) is 0. The van der Waals surface area contributed by atoms with Crippen molar-refractivity contribution in [1.82, 2.24) is 0 Å². The summed E-state index contributed by atoms with van der Waals surface area (Å²) >= 11 is 0. The third-order valence-electron chi connectivity index (χ3n) is 3.66. The van der Waals surface area contributed by atoms with E-state index >= 15 is 0 Å². The highest BCUT2D eigenvalue weighted by atomic mass is 28.4. The highest BCUT2D eigenvalue weighted by Gasteiger charge is 2.57. The quantitative estimate of drug-likeness (QED) is 0.306. The summed E-state index contributed by atoms with van der Waals surface area (Å²) in [6.07, 6.45) is -18.6. The molecule has 0 heterocycles. The average Bonchev–Trinajstić information content (AvgIpc) is 2.67. The van der Waals surface area contributed by atoms with Gasteiger partial charge in [-0.25, -0.2) is 0 Å². The monoisotopic (exact) mass is 476 g/mol. The number of hydrogen-bond donors (Lipinski definition) is 0. The van der Waals surface area contributed by atoms with Crippen LogP contribution in [0.3, 0.4) is 0 Å². The zero-order chi connectivity index (χ0) is 23.4. The first-order chi connectivity index (χ1) is 14.3. The van der Waals surface area contributed by atoms with Gasteiger partial charge in [0.15, 0.2) is 0 Å². The number of alkyl halides is 6. The smallest absolute Gasteiger partial charge is 0.498 e. The van der Waals surface area contributed by atoms with E-state index in [1.54, 1.807) is 0 Å². The van der Waals surface area contributed by atoms with Crippen LogP contribution in [0.25, 0.3) is 0 Å². The minimum atomic E-state index is -5.86. The van der Waals surface area contributed by atoms with Gasteiger partial charge in [-0.2, -0.15) is 43.9 Å². The van der Waals surface area contributed by atoms with E-state index in [1.165, 1.54) is 12.1 Å². The lowest BCUT2D eigenvalue weighted by Crippen LogP contribution is -2.64. The Labute approximate surface area is 169 Å². The lowest BCUT2D eigenvalue weighted by Gasteiger charge is -2.33. The number of allylic oxidation sites excluding steroid dienone is 2. The molecule has 2 aromatic rings. The molecule has 168 valence electrons. The van der Waals surface area contributed by atoms with Gasteiger partial charge in [0.05, 0.1) is 0 Å². The van der Waals surface area contributed by atoms with Crippen molar-refractivity contribution in [2.75, 3.05) is 0 Å². The zero-order valence-electron chi connectivity index (χ0n) is 14.9. The van der Waals surface area contributed by atoms with Gasteiger partial charge < -0.3 is 8.85 Å². The summed E-state index contributed by atoms with van der Waals surface area (Å²) in [4.78, 5) is 0. The second-order valence-electron chi connectivity index (χ2n) is 5.73. The molecule has 0 aliphatic heterocycles. The standard InChI is InChI=1S/C18H10F10O2Si/c19-15(20)13(17(23,24)25)29-31(11-7-3-1-4-8-11,12-9-5-2-6-10-12)30-14(16(21)22)18(26,27)28/h1-10H. The van der Waals surface area contributed by atoms with E-state index in [0.717, 1.165) is 48.5 Å². The van der Waals surface area contributed by atoms with Crippen LogP contribution in [0.4, 0.5) is 43.9 Å². The molecule has 0 aliphatic carbocycles. The molecule has 0 fully saturated rings. The maximum absolute atomic E-state index is 13.2. The van der Waals surface area contributed by atoms with Crippen molar-refractivity contribution in [1.29, 1.82) is 0 Å². The van der Waals surface area contributed by atoms with Gasteiger partial charge in [0, 0.05) is 10.4 Å². The van der Waals surface area contributed by atoms with Gasteiger partial charge in [0.2, 0.25) is 0 Å². The van der Waals surface area contributed by atoms with Crippen molar-refractivity contribution >= 4 is 18.9 Å². The predicted molar refractivity (Wildman–Crippen MR) is 90.7 cm³/mol. The minimum absolute atomic E-state index is 0.563. The van der Waals surface area contributed by atoms with E-state index in [1.807, 2.05) is 0 Å². The van der Waals surface area contributed by atoms with Crippen molar-refractivity contribution < 1.29 is 52.8 Å². The fourth-order valence-corrected chi connectivity index (χ4v) is 5.50. The Morgan fingerprint density at radius 1 is 0.548 bits per heavy atom. The average molecular weight is 476 g/mol. The molecular weight excluding hydrogens is 466 g/mol. The van der Waals surface area contributed by atoms with Crippen molar-refractivity contribution in [2.24, 2.45) is 0 Å². The third-order valence-corrected chi connectivity index (χ3v) is 6.83. The van der Waals surface area contributed by atoms with Crippen LogP contribution < -0.4 is 10.4 Å². The molecule has 0 atom stereocenters. The molecule has 0 unspecified atom stereocenters. The predicted octanol–water partition coefficient (Wildman–Crippen LogP) is 5.62. The van der Waals surface area contributed by atoms with E-state index in [2.05, 4.69) is 8.85 Å². The molecular formula is C18H10F10O2Si. The van der Waals surface area contributed by atoms with E-state index in [-0.39, 0.29) is 0 Å². The lowest BCUT2D eigenvalue weighted by atomic mass is 10.4. The molecule has 0 bridgehead atoms. The number of benzene rings is 2. The van der Waals surface area contributed by atoms with Crippen LogP contribution in [0.5, 0.6) is 0 Å². The highest BCUT2D eigenvalue weighted by Crippen LogP contribution is 2.37. The van der Waals surface area contributed by atoms with Crippen LogP contribution in [0.2, 0.25) is 0 Å². The Kier molecular flexibility index (Phi) is 7.09. The number of rotatable bonds is 6. The summed E-state index contributed by atoms with van der Waals surface area (Å²) in [5.41, 5.74) is 0. The Morgan fingerprint density at radius 2 is 0.839 bits per heavy atom. The summed E-state index contributed by atoms with van der Waals surface area (Å²) in [6, 6.07) is 10.9. The fourth-order valence-electron chi connectivity index (χ4n) is 2.43. The van der Waals surface area contributed by atoms with E-state index in [0.29, 0.717) is 0 Å². The maximum atomic E-state index is 13.2. The Hall–Kier alpha value is -2.96. The normalized spacial score (nSPS) is 12.2. The largest absolute Gasteiger partial charge is 0.531 e. The number of halogens is 10. The highest BCUT2D eigenvalue weighted by molar-refractivity contribution is 6.93. The molecule has 2 aromatic carbocycles. The summed E-state index contributed by atoms with van der Waals surface area (Å²) in [5.74, 6) is -5.90. The molecule has 0 spiro atoms. The second-order valence-corrected chi connectivity index (χ2v) is 8.52. The van der Waals surface area contributed by atoms with Crippen LogP contribution >= 0.6 is 0 Å². The third kappa shape index (κ3) is 5.60. The molecule has 0 saturated carbocycles. The van der Waals surface area contributed by atoms with Gasteiger partial charge in [0.25, 0.3) is 11.5 Å². The molecule has 0 aromatic heterocycles. The Bertz CT molecular complexity index is 865. The van der Waals surface area contributed by atoms with Crippen LogP contribution in [0, 0.1) is 0 Å². The lowest BCUT2D eigenvalue weighted by molar-refractivity contribution is -0.132. The van der Waals surface area contributed by atoms with Crippen LogP contribution in [-0.4, -0.2) is 20.9 Å².